The second-order valence-corrected chi connectivity index (χ2v) is 5.77. The Kier molecular flexibility index (Phi) is 3.85. The lowest BCUT2D eigenvalue weighted by Gasteiger charge is -2.25. The van der Waals surface area contributed by atoms with Crippen LogP contribution in [0.4, 0.5) is 0 Å². The molecule has 1 aliphatic heterocycles. The number of carbonyl (C=O) groups excluding carboxylic acids is 1. The lowest BCUT2D eigenvalue weighted by molar-refractivity contribution is -0.122. The quantitative estimate of drug-likeness (QED) is 0.849. The van der Waals surface area contributed by atoms with E-state index >= 15 is 0 Å². The van der Waals surface area contributed by atoms with Crippen molar-refractivity contribution in [2.45, 2.75) is 58.0 Å². The van der Waals surface area contributed by atoms with Gasteiger partial charge in [0.15, 0.2) is 0 Å². The maximum absolute atomic E-state index is 12.1. The van der Waals surface area contributed by atoms with E-state index in [9.17, 15) is 4.79 Å². The van der Waals surface area contributed by atoms with Crippen LogP contribution in [-0.4, -0.2) is 26.7 Å². The van der Waals surface area contributed by atoms with E-state index in [1.807, 2.05) is 0 Å². The summed E-state index contributed by atoms with van der Waals surface area (Å²) < 4.78 is 2.17. The maximum atomic E-state index is 12.1. The Labute approximate surface area is 119 Å². The van der Waals surface area contributed by atoms with Crippen molar-refractivity contribution in [3.63, 3.8) is 0 Å². The summed E-state index contributed by atoms with van der Waals surface area (Å²) in [6, 6.07) is 0.224. The summed E-state index contributed by atoms with van der Waals surface area (Å²) in [4.78, 5) is 12.1. The van der Waals surface area contributed by atoms with Gasteiger partial charge in [-0.2, -0.15) is 0 Å². The Morgan fingerprint density at radius 1 is 1.45 bits per heavy atom. The highest BCUT2D eigenvalue weighted by atomic mass is 16.1. The minimum absolute atomic E-state index is 0.182. The van der Waals surface area contributed by atoms with Gasteiger partial charge in [0.25, 0.3) is 0 Å². The number of hydrogen-bond donors (Lipinski definition) is 1. The van der Waals surface area contributed by atoms with Gasteiger partial charge in [-0.3, -0.25) is 4.79 Å². The van der Waals surface area contributed by atoms with Gasteiger partial charge < -0.3 is 9.88 Å². The minimum atomic E-state index is 0.182. The molecule has 2 aliphatic rings. The van der Waals surface area contributed by atoms with E-state index in [1.54, 1.807) is 0 Å². The van der Waals surface area contributed by atoms with Crippen LogP contribution in [0.2, 0.25) is 0 Å². The van der Waals surface area contributed by atoms with E-state index in [2.05, 4.69) is 39.2 Å². The molecular weight excluding hydrogens is 252 g/mol. The van der Waals surface area contributed by atoms with Crippen molar-refractivity contribution in [3.8, 4) is 0 Å². The number of nitrogens with zero attached hydrogens (tertiary/aromatic N) is 3. The Balaban J connectivity index is 1.56. The molecule has 1 aromatic heterocycles. The maximum Gasteiger partial charge on any atom is 0.220 e. The molecule has 20 heavy (non-hydrogen) atoms. The number of rotatable bonds is 4. The molecule has 1 amide bonds. The third-order valence-electron chi connectivity index (χ3n) is 4.26. The molecule has 0 bridgehead atoms. The summed E-state index contributed by atoms with van der Waals surface area (Å²) in [5.74, 6) is 2.71. The van der Waals surface area contributed by atoms with Crippen LogP contribution in [0, 0.1) is 5.92 Å². The number of aryl methyl sites for hydroxylation is 2. The Hall–Kier alpha value is -1.65. The van der Waals surface area contributed by atoms with Crippen molar-refractivity contribution in [3.05, 3.63) is 23.8 Å². The van der Waals surface area contributed by atoms with Crippen LogP contribution in [-0.2, 0) is 24.2 Å². The molecule has 1 N–H and O–H groups in total. The van der Waals surface area contributed by atoms with Gasteiger partial charge >= 0.3 is 0 Å². The first-order valence-corrected chi connectivity index (χ1v) is 7.63. The molecule has 0 spiro atoms. The first-order chi connectivity index (χ1) is 9.76. The lowest BCUT2D eigenvalue weighted by atomic mass is 10.0. The van der Waals surface area contributed by atoms with Crippen molar-refractivity contribution >= 4 is 5.91 Å². The van der Waals surface area contributed by atoms with Gasteiger partial charge in [0.2, 0.25) is 5.91 Å². The molecule has 0 radical (unpaired) electrons. The molecule has 2 heterocycles. The molecule has 3 rings (SSSR count). The SMILES string of the molecule is CCc1nnc2n1C[C@H](NC(=O)C[C@@H]1C=CCC1)CC2. The molecule has 5 heteroatoms. The molecule has 1 aromatic rings. The smallest absolute Gasteiger partial charge is 0.220 e. The largest absolute Gasteiger partial charge is 0.352 e. The summed E-state index contributed by atoms with van der Waals surface area (Å²) >= 11 is 0. The summed E-state index contributed by atoms with van der Waals surface area (Å²) in [6.45, 7) is 2.91. The highest BCUT2D eigenvalue weighted by Gasteiger charge is 2.24. The predicted molar refractivity (Wildman–Crippen MR) is 76.1 cm³/mol. The van der Waals surface area contributed by atoms with Crippen LogP contribution in [0.3, 0.4) is 0 Å². The Morgan fingerprint density at radius 3 is 3.10 bits per heavy atom. The molecule has 0 saturated carbocycles. The van der Waals surface area contributed by atoms with Gasteiger partial charge in [0, 0.05) is 31.8 Å². The van der Waals surface area contributed by atoms with Crippen LogP contribution in [0.1, 0.15) is 44.3 Å². The van der Waals surface area contributed by atoms with Gasteiger partial charge in [0.1, 0.15) is 11.6 Å². The number of aromatic nitrogens is 3. The van der Waals surface area contributed by atoms with Crippen LogP contribution >= 0.6 is 0 Å². The minimum Gasteiger partial charge on any atom is -0.352 e. The zero-order chi connectivity index (χ0) is 13.9. The van der Waals surface area contributed by atoms with Gasteiger partial charge in [0.05, 0.1) is 0 Å². The summed E-state index contributed by atoms with van der Waals surface area (Å²) in [7, 11) is 0. The lowest BCUT2D eigenvalue weighted by Crippen LogP contribution is -2.41. The van der Waals surface area contributed by atoms with E-state index < -0.39 is 0 Å². The molecule has 1 aliphatic carbocycles. The summed E-state index contributed by atoms with van der Waals surface area (Å²) in [6.07, 6.45) is 9.97. The second-order valence-electron chi connectivity index (χ2n) is 5.77. The monoisotopic (exact) mass is 274 g/mol. The fourth-order valence-corrected chi connectivity index (χ4v) is 3.15. The van der Waals surface area contributed by atoms with Crippen LogP contribution in [0.5, 0.6) is 0 Å². The van der Waals surface area contributed by atoms with Crippen LogP contribution in [0.15, 0.2) is 12.2 Å². The van der Waals surface area contributed by atoms with Crippen molar-refractivity contribution in [1.29, 1.82) is 0 Å². The fourth-order valence-electron chi connectivity index (χ4n) is 3.15. The predicted octanol–water partition coefficient (Wildman–Crippen LogP) is 1.63. The number of carbonyl (C=O) groups is 1. The van der Waals surface area contributed by atoms with Gasteiger partial charge in [-0.25, -0.2) is 0 Å². The molecule has 108 valence electrons. The van der Waals surface area contributed by atoms with E-state index in [4.69, 9.17) is 0 Å². The molecular formula is C15H22N4O. The summed E-state index contributed by atoms with van der Waals surface area (Å²) in [5, 5.41) is 11.6. The van der Waals surface area contributed by atoms with Gasteiger partial charge in [-0.15, -0.1) is 10.2 Å². The standard InChI is InChI=1S/C15H22N4O/c1-2-13-17-18-14-8-7-12(10-19(13)14)16-15(20)9-11-5-3-4-6-11/h3,5,11-12H,2,4,6-10H2,1H3,(H,16,20)/t11-,12-/m1/s1. The topological polar surface area (TPSA) is 59.8 Å². The van der Waals surface area contributed by atoms with Crippen molar-refractivity contribution < 1.29 is 4.79 Å². The van der Waals surface area contributed by atoms with E-state index in [0.29, 0.717) is 12.3 Å². The first-order valence-electron chi connectivity index (χ1n) is 7.63. The van der Waals surface area contributed by atoms with Crippen LogP contribution < -0.4 is 5.32 Å². The zero-order valence-electron chi connectivity index (χ0n) is 12.0. The highest BCUT2D eigenvalue weighted by molar-refractivity contribution is 5.76. The number of fused-ring (bicyclic) bond motifs is 1. The molecule has 0 unspecified atom stereocenters. The molecule has 2 atom stereocenters. The second kappa shape index (κ2) is 5.77. The molecule has 0 saturated heterocycles. The van der Waals surface area contributed by atoms with Crippen molar-refractivity contribution in [2.24, 2.45) is 5.92 Å². The number of nitrogens with one attached hydrogen (secondary N) is 1. The molecule has 0 fully saturated rings. The fraction of sp³-hybridized carbons (Fsp3) is 0.667. The number of hydrogen-bond acceptors (Lipinski definition) is 3. The number of amides is 1. The van der Waals surface area contributed by atoms with E-state index in [-0.39, 0.29) is 11.9 Å². The van der Waals surface area contributed by atoms with Crippen molar-refractivity contribution in [1.82, 2.24) is 20.1 Å². The van der Waals surface area contributed by atoms with Crippen LogP contribution in [0.25, 0.3) is 0 Å². The van der Waals surface area contributed by atoms with Crippen molar-refractivity contribution in [2.75, 3.05) is 0 Å². The van der Waals surface area contributed by atoms with Gasteiger partial charge in [-0.05, 0) is 25.2 Å². The average Bonchev–Trinajstić information content (AvgIpc) is 3.07. The van der Waals surface area contributed by atoms with E-state index in [0.717, 1.165) is 50.3 Å². The normalized spacial score (nSPS) is 24.6. The summed E-state index contributed by atoms with van der Waals surface area (Å²) in [5.41, 5.74) is 0. The molecule has 0 aromatic carbocycles. The highest BCUT2D eigenvalue weighted by Crippen LogP contribution is 2.21. The zero-order valence-corrected chi connectivity index (χ0v) is 12.0. The third-order valence-corrected chi connectivity index (χ3v) is 4.26. The first kappa shape index (κ1) is 13.3. The third kappa shape index (κ3) is 2.76. The number of allylic oxidation sites excluding steroid dienone is 2. The van der Waals surface area contributed by atoms with E-state index in [1.165, 1.54) is 0 Å². The molecule has 5 nitrogen and oxygen atoms in total. The Morgan fingerprint density at radius 2 is 2.35 bits per heavy atom. The van der Waals surface area contributed by atoms with Gasteiger partial charge in [-0.1, -0.05) is 19.1 Å². The Bertz CT molecular complexity index is 506. The average molecular weight is 274 g/mol.